The Morgan fingerprint density at radius 3 is 2.55 bits per heavy atom. The second-order valence-corrected chi connectivity index (χ2v) is 6.76. The Kier molecular flexibility index (Phi) is 7.32. The minimum absolute atomic E-state index is 0.710. The van der Waals surface area contributed by atoms with Crippen molar-refractivity contribution in [2.24, 2.45) is 5.92 Å². The maximum Gasteiger partial charge on any atom is 0.0469 e. The molecule has 0 radical (unpaired) electrons. The number of likely N-dealkylation sites (N-methyl/N-ethyl adjacent to an activating group) is 1. The highest BCUT2D eigenvalue weighted by Gasteiger charge is 2.28. The largest absolute Gasteiger partial charge is 0.381 e. The third-order valence-electron chi connectivity index (χ3n) is 5.09. The van der Waals surface area contributed by atoms with Crippen LogP contribution in [0.25, 0.3) is 0 Å². The fourth-order valence-corrected chi connectivity index (χ4v) is 3.86. The number of rotatable bonds is 6. The Morgan fingerprint density at radius 1 is 1.05 bits per heavy atom. The normalized spacial score (nSPS) is 29.6. The molecule has 1 aliphatic heterocycles. The smallest absolute Gasteiger partial charge is 0.0469 e. The molecule has 0 aromatic rings. The van der Waals surface area contributed by atoms with Crippen LogP contribution in [0, 0.1) is 5.92 Å². The molecule has 2 aliphatic rings. The van der Waals surface area contributed by atoms with Gasteiger partial charge in [0, 0.05) is 31.8 Å². The van der Waals surface area contributed by atoms with Crippen LogP contribution in [0.15, 0.2) is 0 Å². The molecule has 0 spiro atoms. The summed E-state index contributed by atoms with van der Waals surface area (Å²) in [5, 5.41) is 3.81. The van der Waals surface area contributed by atoms with E-state index in [-0.39, 0.29) is 0 Å². The lowest BCUT2D eigenvalue weighted by Crippen LogP contribution is -2.49. The van der Waals surface area contributed by atoms with E-state index in [1.807, 2.05) is 0 Å². The Balaban J connectivity index is 1.86. The summed E-state index contributed by atoms with van der Waals surface area (Å²) in [6, 6.07) is 1.45. The molecule has 3 heteroatoms. The van der Waals surface area contributed by atoms with Crippen LogP contribution in [0.2, 0.25) is 0 Å². The molecule has 1 saturated heterocycles. The van der Waals surface area contributed by atoms with Crippen molar-refractivity contribution >= 4 is 0 Å². The van der Waals surface area contributed by atoms with Gasteiger partial charge >= 0.3 is 0 Å². The maximum atomic E-state index is 5.49. The van der Waals surface area contributed by atoms with E-state index in [0.717, 1.165) is 25.2 Å². The van der Waals surface area contributed by atoms with E-state index in [1.54, 1.807) is 0 Å². The van der Waals surface area contributed by atoms with Gasteiger partial charge in [0.15, 0.2) is 0 Å². The first-order chi connectivity index (χ1) is 9.81. The van der Waals surface area contributed by atoms with Crippen LogP contribution < -0.4 is 5.32 Å². The molecule has 0 aromatic carbocycles. The summed E-state index contributed by atoms with van der Waals surface area (Å²) >= 11 is 0. The van der Waals surface area contributed by atoms with Crippen molar-refractivity contribution in [3.05, 3.63) is 0 Å². The zero-order valence-electron chi connectivity index (χ0n) is 13.6. The van der Waals surface area contributed by atoms with Gasteiger partial charge in [-0.15, -0.1) is 0 Å². The molecule has 1 saturated carbocycles. The van der Waals surface area contributed by atoms with E-state index >= 15 is 0 Å². The van der Waals surface area contributed by atoms with E-state index in [4.69, 9.17) is 4.74 Å². The highest BCUT2D eigenvalue weighted by molar-refractivity contribution is 4.86. The van der Waals surface area contributed by atoms with Gasteiger partial charge in [0.05, 0.1) is 0 Å². The SMILES string of the molecule is CCCNC1CCCCCC1N(C)CC1CCOCC1. The molecule has 20 heavy (non-hydrogen) atoms. The van der Waals surface area contributed by atoms with Crippen LogP contribution in [-0.4, -0.2) is 50.3 Å². The number of hydrogen-bond donors (Lipinski definition) is 1. The van der Waals surface area contributed by atoms with E-state index < -0.39 is 0 Å². The number of nitrogens with zero attached hydrogens (tertiary/aromatic N) is 1. The first kappa shape index (κ1) is 16.3. The average Bonchev–Trinajstić information content (AvgIpc) is 2.71. The number of nitrogens with one attached hydrogen (secondary N) is 1. The van der Waals surface area contributed by atoms with Crippen LogP contribution in [0.4, 0.5) is 0 Å². The molecule has 3 nitrogen and oxygen atoms in total. The minimum atomic E-state index is 0.710. The summed E-state index contributed by atoms with van der Waals surface area (Å²) in [5.41, 5.74) is 0. The van der Waals surface area contributed by atoms with Gasteiger partial charge in [0.25, 0.3) is 0 Å². The zero-order valence-corrected chi connectivity index (χ0v) is 13.6. The van der Waals surface area contributed by atoms with Gasteiger partial charge in [-0.3, -0.25) is 0 Å². The summed E-state index contributed by atoms with van der Waals surface area (Å²) in [7, 11) is 2.35. The lowest BCUT2D eigenvalue weighted by molar-refractivity contribution is 0.0464. The van der Waals surface area contributed by atoms with Gasteiger partial charge in [-0.2, -0.15) is 0 Å². The molecule has 0 amide bonds. The molecular formula is C17H34N2O. The van der Waals surface area contributed by atoms with E-state index in [2.05, 4.69) is 24.2 Å². The molecule has 2 atom stereocenters. The van der Waals surface area contributed by atoms with Crippen LogP contribution in [0.1, 0.15) is 58.3 Å². The molecule has 2 fully saturated rings. The highest BCUT2D eigenvalue weighted by atomic mass is 16.5. The van der Waals surface area contributed by atoms with E-state index in [9.17, 15) is 0 Å². The quantitative estimate of drug-likeness (QED) is 0.758. The van der Waals surface area contributed by atoms with Gasteiger partial charge in [-0.25, -0.2) is 0 Å². The molecule has 1 heterocycles. The maximum absolute atomic E-state index is 5.49. The summed E-state index contributed by atoms with van der Waals surface area (Å²) in [4.78, 5) is 2.66. The topological polar surface area (TPSA) is 24.5 Å². The molecular weight excluding hydrogens is 248 g/mol. The molecule has 2 rings (SSSR count). The average molecular weight is 282 g/mol. The minimum Gasteiger partial charge on any atom is -0.381 e. The van der Waals surface area contributed by atoms with Crippen molar-refractivity contribution < 1.29 is 4.74 Å². The Bertz CT molecular complexity index is 253. The second kappa shape index (κ2) is 9.01. The van der Waals surface area contributed by atoms with E-state index in [1.165, 1.54) is 64.5 Å². The fraction of sp³-hybridized carbons (Fsp3) is 1.00. The molecule has 1 N–H and O–H groups in total. The van der Waals surface area contributed by atoms with Crippen LogP contribution in [0.3, 0.4) is 0 Å². The van der Waals surface area contributed by atoms with Crippen LogP contribution >= 0.6 is 0 Å². The highest BCUT2D eigenvalue weighted by Crippen LogP contribution is 2.24. The van der Waals surface area contributed by atoms with Crippen molar-refractivity contribution in [2.45, 2.75) is 70.4 Å². The van der Waals surface area contributed by atoms with Gasteiger partial charge in [0.1, 0.15) is 0 Å². The molecule has 0 bridgehead atoms. The second-order valence-electron chi connectivity index (χ2n) is 6.76. The first-order valence-electron chi connectivity index (χ1n) is 8.82. The van der Waals surface area contributed by atoms with E-state index in [0.29, 0.717) is 6.04 Å². The van der Waals surface area contributed by atoms with Crippen LogP contribution in [0.5, 0.6) is 0 Å². The van der Waals surface area contributed by atoms with Crippen LogP contribution in [-0.2, 0) is 4.74 Å². The Labute approximate surface area is 125 Å². The Hall–Kier alpha value is -0.120. The molecule has 1 aliphatic carbocycles. The van der Waals surface area contributed by atoms with Crippen molar-refractivity contribution in [1.82, 2.24) is 10.2 Å². The fourth-order valence-electron chi connectivity index (χ4n) is 3.86. The van der Waals surface area contributed by atoms with Gasteiger partial charge < -0.3 is 15.0 Å². The molecule has 2 unspecified atom stereocenters. The summed E-state index contributed by atoms with van der Waals surface area (Å²) in [5.74, 6) is 0.851. The lowest BCUT2D eigenvalue weighted by Gasteiger charge is -2.37. The summed E-state index contributed by atoms with van der Waals surface area (Å²) in [6.45, 7) is 6.65. The van der Waals surface area contributed by atoms with Crippen molar-refractivity contribution in [1.29, 1.82) is 0 Å². The first-order valence-corrected chi connectivity index (χ1v) is 8.82. The van der Waals surface area contributed by atoms with Crippen molar-refractivity contribution in [2.75, 3.05) is 33.4 Å². The predicted molar refractivity (Wildman–Crippen MR) is 85.1 cm³/mol. The monoisotopic (exact) mass is 282 g/mol. The summed E-state index contributed by atoms with van der Waals surface area (Å²) < 4.78 is 5.49. The Morgan fingerprint density at radius 2 is 1.80 bits per heavy atom. The van der Waals surface area contributed by atoms with Gasteiger partial charge in [-0.05, 0) is 51.6 Å². The lowest BCUT2D eigenvalue weighted by atomic mass is 9.96. The third-order valence-corrected chi connectivity index (χ3v) is 5.09. The van der Waals surface area contributed by atoms with Gasteiger partial charge in [0.2, 0.25) is 0 Å². The van der Waals surface area contributed by atoms with Crippen molar-refractivity contribution in [3.8, 4) is 0 Å². The van der Waals surface area contributed by atoms with Crippen molar-refractivity contribution in [3.63, 3.8) is 0 Å². The number of ether oxygens (including phenoxy) is 1. The molecule has 0 aromatic heterocycles. The third kappa shape index (κ3) is 5.01. The predicted octanol–water partition coefficient (Wildman–Crippen LogP) is 3.05. The standard InChI is InChI=1S/C17H34N2O/c1-3-11-18-16-7-5-4-6-8-17(16)19(2)14-15-9-12-20-13-10-15/h15-18H,3-14H2,1-2H3. The zero-order chi connectivity index (χ0) is 14.2. The molecule has 118 valence electrons. The number of hydrogen-bond acceptors (Lipinski definition) is 3. The van der Waals surface area contributed by atoms with Gasteiger partial charge in [-0.1, -0.05) is 26.2 Å². The summed E-state index contributed by atoms with van der Waals surface area (Å²) in [6.07, 6.45) is 10.7.